The number of hydrogen-bond donors (Lipinski definition) is 7. The quantitative estimate of drug-likeness (QED) is 0.119. The van der Waals surface area contributed by atoms with Crippen molar-refractivity contribution in [3.8, 4) is 11.5 Å². The summed E-state index contributed by atoms with van der Waals surface area (Å²) in [6, 6.07) is 0. The van der Waals surface area contributed by atoms with Gasteiger partial charge in [0.2, 0.25) is 17.9 Å². The van der Waals surface area contributed by atoms with Crippen molar-refractivity contribution >= 4 is 22.8 Å². The van der Waals surface area contributed by atoms with Gasteiger partial charge in [0.05, 0.1) is 32.0 Å². The molecule has 1 aromatic carbocycles. The summed E-state index contributed by atoms with van der Waals surface area (Å²) in [6.07, 6.45) is -3.42. The number of unbranched alkanes of at least 4 members (excludes halogenated alkanes) is 1. The largest absolute Gasteiger partial charge is 0.486 e. The van der Waals surface area contributed by atoms with E-state index in [0.29, 0.717) is 43.4 Å². The molecule has 4 aliphatic rings. The van der Waals surface area contributed by atoms with E-state index in [4.69, 9.17) is 23.4 Å². The van der Waals surface area contributed by atoms with Crippen molar-refractivity contribution in [2.75, 3.05) is 39.6 Å². The number of aliphatic hydroxyl groups is 6. The fraction of sp³-hybridized carbons (Fsp3) is 0.688. The van der Waals surface area contributed by atoms with E-state index in [-0.39, 0.29) is 61.4 Å². The first-order valence-corrected chi connectivity index (χ1v) is 16.1. The fourth-order valence-electron chi connectivity index (χ4n) is 7.74. The molecule has 0 unspecified atom stereocenters. The van der Waals surface area contributed by atoms with Gasteiger partial charge in [0.1, 0.15) is 18.3 Å². The van der Waals surface area contributed by atoms with Crippen molar-refractivity contribution in [1.29, 1.82) is 0 Å². The summed E-state index contributed by atoms with van der Waals surface area (Å²) in [7, 11) is 0. The van der Waals surface area contributed by atoms with Crippen LogP contribution in [0.2, 0.25) is 0 Å². The standard InChI is InChI=1S/C32H43NO13/c1-2-42-30(40)16-9-15-10-17-19(12-33-29(17)39)20-14-44-26-23(20)22(15)18(11-16)25(27(26)43-8-4-3-6-34)46-31-32(41,5-7-35)28(38)24(37)21(13-36)45-31/h14-17,19,21,24,28,31,34-38,41H,2-13H2,1H3,(H,33,39)/t15-,16+,17+,19+,21+,24+,28-,31+,32+/m0/s1. The van der Waals surface area contributed by atoms with Gasteiger partial charge in [-0.05, 0) is 50.5 Å². The molecular weight excluding hydrogens is 606 g/mol. The van der Waals surface area contributed by atoms with Crippen molar-refractivity contribution in [2.24, 2.45) is 11.8 Å². The molecule has 0 bridgehead atoms. The molecule has 1 amide bonds. The molecule has 0 radical (unpaired) electrons. The number of hydrogen-bond acceptors (Lipinski definition) is 13. The van der Waals surface area contributed by atoms with Crippen LogP contribution in [0.4, 0.5) is 0 Å². The number of rotatable bonds is 12. The minimum absolute atomic E-state index is 0.0446. The van der Waals surface area contributed by atoms with Gasteiger partial charge in [0.15, 0.2) is 16.9 Å². The third-order valence-electron chi connectivity index (χ3n) is 10.0. The van der Waals surface area contributed by atoms with E-state index in [0.717, 1.165) is 16.5 Å². The summed E-state index contributed by atoms with van der Waals surface area (Å²) in [5, 5.41) is 66.1. The molecule has 2 aromatic rings. The monoisotopic (exact) mass is 649 g/mol. The van der Waals surface area contributed by atoms with E-state index in [2.05, 4.69) is 5.32 Å². The molecule has 14 nitrogen and oxygen atoms in total. The lowest BCUT2D eigenvalue weighted by atomic mass is 9.72. The molecule has 14 heteroatoms. The molecule has 6 rings (SSSR count). The van der Waals surface area contributed by atoms with Crippen molar-refractivity contribution in [3.63, 3.8) is 0 Å². The summed E-state index contributed by atoms with van der Waals surface area (Å²) in [4.78, 5) is 26.3. The van der Waals surface area contributed by atoms with Gasteiger partial charge in [-0.3, -0.25) is 9.59 Å². The first kappa shape index (κ1) is 32.9. The lowest BCUT2D eigenvalue weighted by molar-refractivity contribution is -0.323. The number of furan rings is 1. The van der Waals surface area contributed by atoms with E-state index in [1.165, 1.54) is 0 Å². The van der Waals surface area contributed by atoms with Crippen molar-refractivity contribution in [3.05, 3.63) is 23.0 Å². The molecule has 2 aliphatic carbocycles. The Morgan fingerprint density at radius 3 is 2.63 bits per heavy atom. The van der Waals surface area contributed by atoms with E-state index in [1.807, 2.05) is 0 Å². The predicted octanol–water partition coefficient (Wildman–Crippen LogP) is -0.0422. The maximum Gasteiger partial charge on any atom is 0.309 e. The van der Waals surface area contributed by atoms with Gasteiger partial charge < -0.3 is 59.3 Å². The average Bonchev–Trinajstić information content (AvgIpc) is 3.60. The van der Waals surface area contributed by atoms with Gasteiger partial charge in [0, 0.05) is 54.5 Å². The molecule has 9 atom stereocenters. The first-order valence-electron chi connectivity index (χ1n) is 16.1. The Labute approximate surface area is 265 Å². The molecule has 1 aromatic heterocycles. The number of aliphatic hydroxyl groups excluding tert-OH is 5. The second-order valence-corrected chi connectivity index (χ2v) is 12.7. The van der Waals surface area contributed by atoms with Crippen LogP contribution in [-0.2, 0) is 25.5 Å². The second kappa shape index (κ2) is 13.3. The minimum Gasteiger partial charge on any atom is -0.486 e. The predicted molar refractivity (Wildman–Crippen MR) is 158 cm³/mol. The Morgan fingerprint density at radius 2 is 1.91 bits per heavy atom. The molecular formula is C32H43NO13. The number of carbonyl (C=O) groups excluding carboxylic acids is 2. The van der Waals surface area contributed by atoms with Crippen LogP contribution in [0.3, 0.4) is 0 Å². The number of ether oxygens (including phenoxy) is 4. The second-order valence-electron chi connectivity index (χ2n) is 12.7. The summed E-state index contributed by atoms with van der Waals surface area (Å²) in [5.74, 6) is -1.66. The Kier molecular flexibility index (Phi) is 9.50. The zero-order valence-corrected chi connectivity index (χ0v) is 25.7. The molecule has 254 valence electrons. The van der Waals surface area contributed by atoms with Crippen molar-refractivity contribution in [2.45, 2.75) is 87.5 Å². The zero-order chi connectivity index (χ0) is 32.7. The van der Waals surface area contributed by atoms with Crippen LogP contribution >= 0.6 is 0 Å². The Morgan fingerprint density at radius 1 is 1.11 bits per heavy atom. The Hall–Kier alpha value is -2.98. The minimum atomic E-state index is -2.32. The molecule has 2 aliphatic heterocycles. The summed E-state index contributed by atoms with van der Waals surface area (Å²) >= 11 is 0. The third kappa shape index (κ3) is 5.43. The van der Waals surface area contributed by atoms with Crippen LogP contribution in [-0.4, -0.2) is 112 Å². The van der Waals surface area contributed by atoms with Crippen molar-refractivity contribution in [1.82, 2.24) is 5.32 Å². The third-order valence-corrected chi connectivity index (χ3v) is 10.0. The smallest absolute Gasteiger partial charge is 0.309 e. The van der Waals surface area contributed by atoms with Gasteiger partial charge in [-0.15, -0.1) is 0 Å². The zero-order valence-electron chi connectivity index (χ0n) is 25.7. The lowest BCUT2D eigenvalue weighted by Crippen LogP contribution is -2.68. The Bertz CT molecular complexity index is 1440. The average molecular weight is 650 g/mol. The van der Waals surface area contributed by atoms with Crippen LogP contribution in [0.5, 0.6) is 11.5 Å². The number of carbonyl (C=O) groups is 2. The molecule has 2 saturated heterocycles. The lowest BCUT2D eigenvalue weighted by Gasteiger charge is -2.47. The number of benzene rings is 1. The maximum absolute atomic E-state index is 13.3. The normalized spacial score (nSPS) is 33.3. The highest BCUT2D eigenvalue weighted by atomic mass is 16.7. The summed E-state index contributed by atoms with van der Waals surface area (Å²) in [6.45, 7) is 1.14. The highest BCUT2D eigenvalue weighted by Crippen LogP contribution is 2.57. The van der Waals surface area contributed by atoms with Crippen LogP contribution in [0.25, 0.3) is 11.0 Å². The van der Waals surface area contributed by atoms with Gasteiger partial charge in [-0.2, -0.15) is 0 Å². The van der Waals surface area contributed by atoms with Crippen molar-refractivity contribution < 1.29 is 63.6 Å². The van der Waals surface area contributed by atoms with Crippen LogP contribution in [0.15, 0.2) is 10.7 Å². The van der Waals surface area contributed by atoms with E-state index in [9.17, 15) is 40.2 Å². The summed E-state index contributed by atoms with van der Waals surface area (Å²) in [5.41, 5.74) is 0.260. The highest BCUT2D eigenvalue weighted by Gasteiger charge is 2.56. The molecule has 2 fully saturated rings. The number of amides is 1. The molecule has 0 saturated carbocycles. The molecule has 7 N–H and O–H groups in total. The maximum atomic E-state index is 13.3. The Balaban J connectivity index is 1.55. The van der Waals surface area contributed by atoms with Crippen LogP contribution < -0.4 is 14.8 Å². The van der Waals surface area contributed by atoms with E-state index >= 15 is 0 Å². The van der Waals surface area contributed by atoms with Gasteiger partial charge >= 0.3 is 5.97 Å². The molecule has 0 spiro atoms. The summed E-state index contributed by atoms with van der Waals surface area (Å²) < 4.78 is 30.2. The number of nitrogens with one attached hydrogen (secondary N) is 1. The van der Waals surface area contributed by atoms with Crippen LogP contribution in [0.1, 0.15) is 67.6 Å². The molecule has 3 heterocycles. The fourth-order valence-corrected chi connectivity index (χ4v) is 7.74. The van der Waals surface area contributed by atoms with Gasteiger partial charge in [0.25, 0.3) is 0 Å². The van der Waals surface area contributed by atoms with Crippen LogP contribution in [0, 0.1) is 11.8 Å². The topological polar surface area (TPSA) is 218 Å². The van der Waals surface area contributed by atoms with Gasteiger partial charge in [-0.25, -0.2) is 0 Å². The van der Waals surface area contributed by atoms with E-state index in [1.54, 1.807) is 13.2 Å². The molecule has 46 heavy (non-hydrogen) atoms. The SMILES string of the molecule is CCOC(=O)[C@H]1Cc2c(O[C@H]3O[C@H](CO)[C@@H](O)[C@H](O)[C@]3(O)CCO)c(OCCCCO)c3occ4c3c2[C@@H](C1)C[C@H]1C(=O)NC[C@@H]41. The first-order chi connectivity index (χ1) is 22.2. The highest BCUT2D eigenvalue weighted by molar-refractivity contribution is 5.97. The van der Waals surface area contributed by atoms with Gasteiger partial charge in [-0.1, -0.05) is 0 Å². The number of esters is 1. The van der Waals surface area contributed by atoms with E-state index < -0.39 is 61.7 Å². The number of fused-ring (bicyclic) bond motifs is 2.